The fourth-order valence-corrected chi connectivity index (χ4v) is 11.8. The van der Waals surface area contributed by atoms with Crippen LogP contribution in [0, 0.1) is 23.3 Å². The van der Waals surface area contributed by atoms with Gasteiger partial charge in [0.05, 0.1) is 34.5 Å². The lowest BCUT2D eigenvalue weighted by atomic mass is 9.78. The second-order valence-corrected chi connectivity index (χ2v) is 21.8. The van der Waals surface area contributed by atoms with Gasteiger partial charge in [-0.25, -0.2) is 26.9 Å². The summed E-state index contributed by atoms with van der Waals surface area (Å²) < 4.78 is 150. The number of hydroxylamine groups is 2. The molecule has 6 heterocycles. The molecular formula is C46H45F4N4O13S2+. The van der Waals surface area contributed by atoms with Crippen LogP contribution in [0.2, 0.25) is 0 Å². The summed E-state index contributed by atoms with van der Waals surface area (Å²) in [6.07, 6.45) is 2.86. The van der Waals surface area contributed by atoms with Crippen molar-refractivity contribution in [3.05, 3.63) is 97.1 Å². The summed E-state index contributed by atoms with van der Waals surface area (Å²) in [4.78, 5) is 58.2. The molecule has 69 heavy (non-hydrogen) atoms. The van der Waals surface area contributed by atoms with Gasteiger partial charge < -0.3 is 19.3 Å². The number of hydrogen-bond acceptors (Lipinski definition) is 12. The molecule has 0 spiro atoms. The van der Waals surface area contributed by atoms with E-state index in [1.165, 1.54) is 12.1 Å². The third-order valence-electron chi connectivity index (χ3n) is 13.3. The van der Waals surface area contributed by atoms with Crippen molar-refractivity contribution in [1.82, 2.24) is 14.5 Å². The zero-order valence-corrected chi connectivity index (χ0v) is 39.4. The topological polar surface area (TPSA) is 217 Å². The zero-order chi connectivity index (χ0) is 50.0. The molecule has 0 bridgehead atoms. The highest BCUT2D eigenvalue weighted by atomic mass is 32.2. The number of halogens is 4. The van der Waals surface area contributed by atoms with Crippen LogP contribution in [0.5, 0.6) is 11.5 Å². The smallest absolute Gasteiger partial charge is 0.455 e. The summed E-state index contributed by atoms with van der Waals surface area (Å²) in [5, 5.41) is 0.583. The first-order valence-corrected chi connectivity index (χ1v) is 25.1. The molecule has 0 unspecified atom stereocenters. The van der Waals surface area contributed by atoms with E-state index in [4.69, 9.17) is 9.47 Å². The Balaban J connectivity index is 1.33. The number of amides is 3. The lowest BCUT2D eigenvalue weighted by molar-refractivity contribution is -0.177. The normalized spacial score (nSPS) is 18.7. The summed E-state index contributed by atoms with van der Waals surface area (Å²) in [6, 6.07) is 2.77. The Morgan fingerprint density at radius 2 is 1.43 bits per heavy atom. The summed E-state index contributed by atoms with van der Waals surface area (Å²) in [6.45, 7) is 6.95. The molecule has 2 N–H and O–H groups in total. The fraction of sp³-hybridized carbons (Fsp3) is 0.413. The second-order valence-electron chi connectivity index (χ2n) is 18.8. The molecule has 6 aliphatic heterocycles. The van der Waals surface area contributed by atoms with Crippen LogP contribution in [-0.4, -0.2) is 116 Å². The van der Waals surface area contributed by atoms with E-state index in [1.54, 1.807) is 12.2 Å². The lowest BCUT2D eigenvalue weighted by Gasteiger charge is -2.47. The van der Waals surface area contributed by atoms with Crippen molar-refractivity contribution in [3.8, 4) is 11.5 Å². The van der Waals surface area contributed by atoms with Crippen LogP contribution >= 0.6 is 0 Å². The minimum atomic E-state index is -4.72. The summed E-state index contributed by atoms with van der Waals surface area (Å²) >= 11 is 0. The number of ether oxygens (including phenoxy) is 2. The van der Waals surface area contributed by atoms with Gasteiger partial charge in [-0.1, -0.05) is 11.1 Å². The van der Waals surface area contributed by atoms with Crippen molar-refractivity contribution in [3.63, 3.8) is 0 Å². The van der Waals surface area contributed by atoms with Crippen molar-refractivity contribution < 1.29 is 77.0 Å². The maximum Gasteiger partial charge on any atom is 0.534 e. The van der Waals surface area contributed by atoms with Crippen molar-refractivity contribution >= 4 is 66.5 Å². The van der Waals surface area contributed by atoms with E-state index >= 15 is 17.6 Å². The predicted molar refractivity (Wildman–Crippen MR) is 238 cm³/mol. The Morgan fingerprint density at radius 3 is 2.09 bits per heavy atom. The molecule has 366 valence electrons. The summed E-state index contributed by atoms with van der Waals surface area (Å²) in [7, 11) is -8.39. The van der Waals surface area contributed by atoms with Crippen molar-refractivity contribution in [2.24, 2.45) is 0 Å². The molecule has 3 amide bonds. The monoisotopic (exact) mass is 1000 g/mol. The van der Waals surface area contributed by atoms with Gasteiger partial charge in [0.2, 0.25) is 5.36 Å². The number of carbonyl (C=O) groups is 4. The van der Waals surface area contributed by atoms with E-state index < -0.39 is 120 Å². The SMILES string of the molecule is CN(CCOC(=O)ON1C(=O)CCC1=O)C(=O)c1c(F)c(F)c(F)c(F)c1C1=c2cc3c4c(c2Oc2c1cc1c5c2CCCN5C(C)(C)C=C1CS(=O)(=O)O)CCC[N+]=4C(C)(C)C=C3CS(=O)(=O)O. The van der Waals surface area contributed by atoms with Gasteiger partial charge in [0.1, 0.15) is 36.2 Å². The molecule has 0 aromatic heterocycles. The Bertz CT molecular complexity index is 3320. The van der Waals surface area contributed by atoms with Crippen LogP contribution in [-0.2, 0) is 52.2 Å². The average Bonchev–Trinajstić information content (AvgIpc) is 3.57. The van der Waals surface area contributed by atoms with Crippen LogP contribution in [0.1, 0.15) is 97.1 Å². The van der Waals surface area contributed by atoms with Gasteiger partial charge >= 0.3 is 6.16 Å². The van der Waals surface area contributed by atoms with Crippen LogP contribution in [0.15, 0.2) is 24.3 Å². The van der Waals surface area contributed by atoms with Crippen LogP contribution < -0.4 is 24.8 Å². The highest BCUT2D eigenvalue weighted by molar-refractivity contribution is 7.86. The number of benzene rings is 3. The minimum Gasteiger partial charge on any atom is -0.455 e. The number of likely N-dealkylation sites (N-methyl/N-ethyl adjacent to an activating group) is 1. The number of rotatable bonds is 10. The van der Waals surface area contributed by atoms with Crippen molar-refractivity contribution in [2.45, 2.75) is 77.3 Å². The molecule has 1 saturated heterocycles. The number of fused-ring (bicyclic) bond motifs is 4. The molecule has 3 aromatic carbocycles. The van der Waals surface area contributed by atoms with Gasteiger partial charge in [0, 0.05) is 79.7 Å². The standard InChI is InChI=1S/C46H44F4N4O13S2/c1-45(2)18-22(20-68(59,60)61)26-16-28-32(33-34(36(48)38(50)37(49)35(33)47)43(57)51(5)14-15-65-44(58)67-54-30(55)10-11-31(54)56)29-17-27-23(21-69(62,63)64)19-46(3,4)53-13-7-9-25(40(27)53)42(29)66-41(28)24-8-6-12-52(45)39(24)26/h16-19H,6-15,20-21H2,1-5H3,(H-,59,60,61,62,63,64)/p+1. The Morgan fingerprint density at radius 1 is 0.812 bits per heavy atom. The quantitative estimate of drug-likeness (QED) is 0.0433. The van der Waals surface area contributed by atoms with Crippen LogP contribution in [0.4, 0.5) is 28.0 Å². The highest BCUT2D eigenvalue weighted by Crippen LogP contribution is 2.53. The number of hydrogen-bond donors (Lipinski definition) is 2. The van der Waals surface area contributed by atoms with Gasteiger partial charge in [0.25, 0.3) is 38.0 Å². The molecular weight excluding hydrogens is 957 g/mol. The molecule has 23 heteroatoms. The van der Waals surface area contributed by atoms with Gasteiger partial charge in [-0.2, -0.15) is 16.8 Å². The first kappa shape index (κ1) is 47.9. The van der Waals surface area contributed by atoms with Gasteiger partial charge in [-0.3, -0.25) is 28.3 Å². The Labute approximate surface area is 392 Å². The first-order valence-electron chi connectivity index (χ1n) is 21.9. The Kier molecular flexibility index (Phi) is 11.4. The van der Waals surface area contributed by atoms with E-state index in [-0.39, 0.29) is 75.3 Å². The number of carbonyl (C=O) groups excluding carboxylic acids is 4. The molecule has 3 aromatic rings. The first-order chi connectivity index (χ1) is 32.2. The van der Waals surface area contributed by atoms with Gasteiger partial charge in [0.15, 0.2) is 28.8 Å². The lowest BCUT2D eigenvalue weighted by Crippen LogP contribution is -2.53. The molecule has 1 fully saturated rings. The molecule has 0 saturated carbocycles. The molecule has 0 aliphatic carbocycles. The zero-order valence-electron chi connectivity index (χ0n) is 37.8. The van der Waals surface area contributed by atoms with E-state index in [2.05, 4.69) is 4.84 Å². The maximum atomic E-state index is 17.3. The molecule has 17 nitrogen and oxygen atoms in total. The summed E-state index contributed by atoms with van der Waals surface area (Å²) in [5.41, 5.74) is -2.63. The van der Waals surface area contributed by atoms with E-state index in [0.717, 1.165) is 7.05 Å². The molecule has 0 atom stereocenters. The largest absolute Gasteiger partial charge is 0.534 e. The van der Waals surface area contributed by atoms with Crippen molar-refractivity contribution in [2.75, 3.05) is 49.7 Å². The molecule has 0 radical (unpaired) electrons. The average molecular weight is 1000 g/mol. The predicted octanol–water partition coefficient (Wildman–Crippen LogP) is 4.20. The summed E-state index contributed by atoms with van der Waals surface area (Å²) in [5.74, 6) is -13.6. The second kappa shape index (κ2) is 16.5. The van der Waals surface area contributed by atoms with Crippen LogP contribution in [0.3, 0.4) is 0 Å². The maximum absolute atomic E-state index is 17.3. The molecule has 6 aliphatic rings. The highest BCUT2D eigenvalue weighted by Gasteiger charge is 2.45. The van der Waals surface area contributed by atoms with Crippen molar-refractivity contribution in [1.29, 1.82) is 0 Å². The number of nitrogens with zero attached hydrogens (tertiary/aromatic N) is 4. The van der Waals surface area contributed by atoms with E-state index in [9.17, 15) is 45.1 Å². The van der Waals surface area contributed by atoms with Gasteiger partial charge in [-0.15, -0.1) is 0 Å². The van der Waals surface area contributed by atoms with Crippen LogP contribution in [0.25, 0.3) is 16.7 Å². The fourth-order valence-electron chi connectivity index (χ4n) is 10.5. The minimum absolute atomic E-state index is 0.0418. The Hall–Kier alpha value is -6.17. The molecule has 9 rings (SSSR count). The van der Waals surface area contributed by atoms with E-state index in [1.807, 2.05) is 37.2 Å². The third kappa shape index (κ3) is 8.15. The third-order valence-corrected chi connectivity index (χ3v) is 14.7. The van der Waals surface area contributed by atoms with E-state index in [0.29, 0.717) is 53.0 Å². The number of imide groups is 1. The number of anilines is 1. The van der Waals surface area contributed by atoms with Gasteiger partial charge in [-0.05, 0) is 62.5 Å².